The highest BCUT2D eigenvalue weighted by atomic mass is 16.3. The fourth-order valence-electron chi connectivity index (χ4n) is 7.53. The van der Waals surface area contributed by atoms with Crippen LogP contribution >= 0.6 is 0 Å². The first-order valence-electron chi connectivity index (χ1n) is 25.4. The van der Waals surface area contributed by atoms with Gasteiger partial charge in [-0.25, -0.2) is 0 Å². The fraction of sp³-hybridized carbons (Fsp3) is 0.661. The number of hydrogen-bond acceptors (Lipinski definition) is 3. The number of hydrogen-bond donors (Lipinski definition) is 0. The normalized spacial score (nSPS) is 17.1. The average Bonchev–Trinajstić information content (AvgIpc) is 3.89. The fourth-order valence-corrected chi connectivity index (χ4v) is 7.53. The van der Waals surface area contributed by atoms with Crippen LogP contribution in [0.25, 0.3) is 0 Å². The van der Waals surface area contributed by atoms with E-state index < -0.39 is 0 Å². The molecule has 0 spiro atoms. The molecular formula is C62H104N2O. The smallest absolute Gasteiger partial charge is 0.109 e. The summed E-state index contributed by atoms with van der Waals surface area (Å²) in [6.45, 7) is 50.0. The molecule has 368 valence electrons. The molecule has 0 bridgehead atoms. The molecule has 2 aromatic heterocycles. The molecule has 4 aromatic rings. The Morgan fingerprint density at radius 3 is 0.969 bits per heavy atom. The molecule has 3 heteroatoms. The van der Waals surface area contributed by atoms with Crippen LogP contribution in [0.4, 0.5) is 0 Å². The van der Waals surface area contributed by atoms with Gasteiger partial charge >= 0.3 is 0 Å². The number of rotatable bonds is 0. The summed E-state index contributed by atoms with van der Waals surface area (Å²) in [5.41, 5.74) is 6.84. The van der Waals surface area contributed by atoms with Crippen LogP contribution in [0.15, 0.2) is 108 Å². The Kier molecular flexibility index (Phi) is 24.3. The molecule has 1 saturated heterocycles. The predicted octanol–water partition coefficient (Wildman–Crippen LogP) is 18.6. The Balaban J connectivity index is 0.000000381. The molecule has 0 radical (unpaired) electrons. The standard InChI is InChI=1S/C10H21N.2C10H14.C9H13N.C8H12O.C8H16.C7H14/c1-10(2,3)9-6-5-7-11(4)8-9;2*1-10(2,3)9-7-5-4-6-8-9;1-9(2,3)8-4-6-10-7-5-8;1-8(2,3)7-5-4-6-9-7;1-8(2,3)7-5-4-6-7;1-7(2,3)6-4-5-6/h9H,5-8H2,1-4H3;2*4-8H,1-3H3;4-7H,1-3H3;4-6H,1-3H3;7H,4-6H2,1-3H3;6H,4-5H2,1-3H3. The lowest BCUT2D eigenvalue weighted by atomic mass is 9.69. The second-order valence-electron chi connectivity index (χ2n) is 26.5. The van der Waals surface area contributed by atoms with Gasteiger partial charge in [0.15, 0.2) is 0 Å². The van der Waals surface area contributed by atoms with Gasteiger partial charge in [-0.05, 0) is 143 Å². The Morgan fingerprint density at radius 1 is 0.415 bits per heavy atom. The number of aromatic nitrogens is 1. The molecule has 1 unspecified atom stereocenters. The van der Waals surface area contributed by atoms with Gasteiger partial charge in [0.05, 0.1) is 6.26 Å². The molecule has 3 nitrogen and oxygen atoms in total. The third-order valence-electron chi connectivity index (χ3n) is 13.1. The maximum absolute atomic E-state index is 5.20. The first kappa shape index (κ1) is 59.8. The quantitative estimate of drug-likeness (QED) is 0.176. The molecular weight excluding hydrogens is 789 g/mol. The molecule has 3 fully saturated rings. The molecule has 2 saturated carbocycles. The van der Waals surface area contributed by atoms with Crippen LogP contribution in [0, 0.1) is 34.0 Å². The summed E-state index contributed by atoms with van der Waals surface area (Å²) in [5, 5.41) is 0. The van der Waals surface area contributed by atoms with Crippen molar-refractivity contribution in [3.63, 3.8) is 0 Å². The third-order valence-corrected chi connectivity index (χ3v) is 13.1. The van der Waals surface area contributed by atoms with Gasteiger partial charge in [0, 0.05) is 24.4 Å². The van der Waals surface area contributed by atoms with Crippen LogP contribution < -0.4 is 0 Å². The Labute approximate surface area is 404 Å². The Morgan fingerprint density at radius 2 is 0.785 bits per heavy atom. The van der Waals surface area contributed by atoms with Crippen molar-refractivity contribution in [2.24, 2.45) is 34.0 Å². The highest BCUT2D eigenvalue weighted by Crippen LogP contribution is 2.44. The number of pyridine rings is 1. The third kappa shape index (κ3) is 26.7. The molecule has 65 heavy (non-hydrogen) atoms. The lowest BCUT2D eigenvalue weighted by molar-refractivity contribution is 0.118. The van der Waals surface area contributed by atoms with Crippen LogP contribution in [0.3, 0.4) is 0 Å². The summed E-state index contributed by atoms with van der Waals surface area (Å²) >= 11 is 0. The largest absolute Gasteiger partial charge is 0.469 e. The molecule has 7 rings (SSSR count). The van der Waals surface area contributed by atoms with E-state index in [2.05, 4.69) is 235 Å². The van der Waals surface area contributed by atoms with E-state index in [-0.39, 0.29) is 10.8 Å². The zero-order valence-electron chi connectivity index (χ0n) is 46.7. The lowest BCUT2D eigenvalue weighted by Gasteiger charge is -2.38. The summed E-state index contributed by atoms with van der Waals surface area (Å²) in [6, 6.07) is 29.1. The summed E-state index contributed by atoms with van der Waals surface area (Å²) in [6.07, 6.45) is 15.6. The minimum absolute atomic E-state index is 0.156. The summed E-state index contributed by atoms with van der Waals surface area (Å²) in [5.74, 6) is 4.03. The molecule has 3 aliphatic rings. The van der Waals surface area contributed by atoms with E-state index in [1.165, 1.54) is 74.7 Å². The predicted molar refractivity (Wildman–Crippen MR) is 289 cm³/mol. The van der Waals surface area contributed by atoms with Gasteiger partial charge in [0.1, 0.15) is 5.76 Å². The number of furan rings is 1. The van der Waals surface area contributed by atoms with Crippen molar-refractivity contribution in [3.05, 3.63) is 126 Å². The molecule has 2 aromatic carbocycles. The summed E-state index contributed by atoms with van der Waals surface area (Å²) in [7, 11) is 2.23. The Hall–Kier alpha value is -3.17. The highest BCUT2D eigenvalue weighted by Gasteiger charge is 2.33. The lowest BCUT2D eigenvalue weighted by Crippen LogP contribution is -2.38. The monoisotopic (exact) mass is 893 g/mol. The van der Waals surface area contributed by atoms with Gasteiger partial charge in [-0.1, -0.05) is 212 Å². The molecule has 0 amide bonds. The van der Waals surface area contributed by atoms with Crippen LogP contribution in [0.5, 0.6) is 0 Å². The first-order chi connectivity index (χ1) is 29.6. The van der Waals surface area contributed by atoms with Crippen molar-refractivity contribution >= 4 is 0 Å². The van der Waals surface area contributed by atoms with Crippen molar-refractivity contribution in [1.29, 1.82) is 0 Å². The minimum atomic E-state index is 0.156. The van der Waals surface area contributed by atoms with Gasteiger partial charge < -0.3 is 9.32 Å². The van der Waals surface area contributed by atoms with Crippen LogP contribution in [0.1, 0.15) is 213 Å². The van der Waals surface area contributed by atoms with Crippen LogP contribution in [0.2, 0.25) is 0 Å². The van der Waals surface area contributed by atoms with Gasteiger partial charge in [0.25, 0.3) is 0 Å². The van der Waals surface area contributed by atoms with Crippen molar-refractivity contribution in [2.45, 2.75) is 212 Å². The van der Waals surface area contributed by atoms with Crippen molar-refractivity contribution in [1.82, 2.24) is 9.88 Å². The van der Waals surface area contributed by atoms with Crippen LogP contribution in [-0.2, 0) is 21.7 Å². The maximum Gasteiger partial charge on any atom is 0.109 e. The zero-order valence-corrected chi connectivity index (χ0v) is 46.7. The summed E-state index contributed by atoms with van der Waals surface area (Å²) < 4.78 is 5.20. The number of nitrogens with zero attached hydrogens (tertiary/aromatic N) is 2. The molecule has 1 aliphatic heterocycles. The van der Waals surface area contributed by atoms with Crippen molar-refractivity contribution in [2.75, 3.05) is 20.1 Å². The minimum Gasteiger partial charge on any atom is -0.469 e. The van der Waals surface area contributed by atoms with E-state index in [0.29, 0.717) is 27.1 Å². The Bertz CT molecular complexity index is 1630. The van der Waals surface area contributed by atoms with Gasteiger partial charge in [-0.3, -0.25) is 4.98 Å². The van der Waals surface area contributed by atoms with E-state index in [1.54, 1.807) is 6.26 Å². The second kappa shape index (κ2) is 26.4. The van der Waals surface area contributed by atoms with E-state index in [4.69, 9.17) is 4.42 Å². The first-order valence-corrected chi connectivity index (χ1v) is 25.4. The van der Waals surface area contributed by atoms with Crippen LogP contribution in [-0.4, -0.2) is 30.0 Å². The second-order valence-corrected chi connectivity index (χ2v) is 26.5. The van der Waals surface area contributed by atoms with Crippen molar-refractivity contribution in [3.8, 4) is 0 Å². The van der Waals surface area contributed by atoms with E-state index >= 15 is 0 Å². The summed E-state index contributed by atoms with van der Waals surface area (Å²) in [4.78, 5) is 6.42. The number of benzene rings is 2. The van der Waals surface area contributed by atoms with Crippen molar-refractivity contribution < 1.29 is 4.42 Å². The van der Waals surface area contributed by atoms with Gasteiger partial charge in [0.2, 0.25) is 0 Å². The molecule has 1 atom stereocenters. The SMILES string of the molecule is CC(C)(C)C1CC1.CC(C)(C)C1CCC1.CC(C)(C)c1ccccc1.CC(C)(C)c1ccccc1.CC(C)(C)c1ccco1.CC(C)(C)c1ccncc1.CN1CCCC(C(C)(C)C)C1. The molecule has 0 N–H and O–H groups in total. The van der Waals surface area contributed by atoms with E-state index in [0.717, 1.165) is 23.5 Å². The van der Waals surface area contributed by atoms with E-state index in [9.17, 15) is 0 Å². The number of piperidine rings is 1. The number of likely N-dealkylation sites (tertiary alicyclic amines) is 1. The topological polar surface area (TPSA) is 29.3 Å². The highest BCUT2D eigenvalue weighted by molar-refractivity contribution is 5.23. The van der Waals surface area contributed by atoms with E-state index in [1.807, 2.05) is 24.5 Å². The maximum atomic E-state index is 5.20. The van der Waals surface area contributed by atoms with Gasteiger partial charge in [-0.2, -0.15) is 0 Å². The molecule has 3 heterocycles. The average molecular weight is 894 g/mol. The zero-order chi connectivity index (χ0) is 49.9. The van der Waals surface area contributed by atoms with Gasteiger partial charge in [-0.15, -0.1) is 0 Å². The molecule has 2 aliphatic carbocycles.